The molecular formula is C29H27Br2NO6. The minimum atomic E-state index is -0.740. The molecule has 4 unspecified atom stereocenters. The number of hydrogen-bond acceptors (Lipinski definition) is 6. The largest absolute Gasteiger partial charge is 0.504 e. The fraction of sp³-hybridized carbons (Fsp3) is 0.448. The van der Waals surface area contributed by atoms with E-state index < -0.39 is 23.7 Å². The predicted octanol–water partition coefficient (Wildman–Crippen LogP) is 5.26. The molecule has 1 saturated heterocycles. The highest BCUT2D eigenvalue weighted by atomic mass is 79.9. The van der Waals surface area contributed by atoms with Crippen molar-refractivity contribution in [3.8, 4) is 11.5 Å². The molecule has 9 heteroatoms. The molecular weight excluding hydrogens is 618 g/mol. The molecule has 1 N–H and O–H groups in total. The van der Waals surface area contributed by atoms with Gasteiger partial charge in [-0.3, -0.25) is 24.1 Å². The third kappa shape index (κ3) is 3.79. The van der Waals surface area contributed by atoms with Gasteiger partial charge in [0.2, 0.25) is 11.8 Å². The van der Waals surface area contributed by atoms with Crippen LogP contribution < -0.4 is 4.74 Å². The first-order chi connectivity index (χ1) is 18.2. The van der Waals surface area contributed by atoms with E-state index in [1.165, 1.54) is 18.1 Å². The number of ether oxygens (including phenoxy) is 1. The van der Waals surface area contributed by atoms with Crippen LogP contribution >= 0.6 is 31.9 Å². The molecule has 2 amide bonds. The summed E-state index contributed by atoms with van der Waals surface area (Å²) >= 11 is 6.72. The van der Waals surface area contributed by atoms with Crippen molar-refractivity contribution in [1.82, 2.24) is 4.90 Å². The smallest absolute Gasteiger partial charge is 0.233 e. The lowest BCUT2D eigenvalue weighted by Crippen LogP contribution is -2.43. The lowest BCUT2D eigenvalue weighted by atomic mass is 9.59. The molecule has 1 aliphatic heterocycles. The highest BCUT2D eigenvalue weighted by molar-refractivity contribution is 9.12. The summed E-state index contributed by atoms with van der Waals surface area (Å²) in [6, 6.07) is 3.29. The molecule has 2 fully saturated rings. The summed E-state index contributed by atoms with van der Waals surface area (Å²) in [4.78, 5) is 55.8. The Morgan fingerprint density at radius 3 is 2.45 bits per heavy atom. The van der Waals surface area contributed by atoms with Crippen molar-refractivity contribution < 1.29 is 29.0 Å². The van der Waals surface area contributed by atoms with Crippen LogP contribution in [0, 0.1) is 17.8 Å². The maximum atomic E-state index is 14.0. The molecule has 198 valence electrons. The number of Topliss-reactive ketones (excluding diaryl/α,β-unsaturated/α-hetero) is 1. The van der Waals surface area contributed by atoms with Gasteiger partial charge in [-0.05, 0) is 59.7 Å². The zero-order valence-electron chi connectivity index (χ0n) is 20.8. The van der Waals surface area contributed by atoms with Crippen molar-refractivity contribution in [3.63, 3.8) is 0 Å². The van der Waals surface area contributed by atoms with Gasteiger partial charge < -0.3 is 9.84 Å². The van der Waals surface area contributed by atoms with Gasteiger partial charge in [-0.15, -0.1) is 0 Å². The number of phenols is 1. The van der Waals surface area contributed by atoms with Gasteiger partial charge in [-0.1, -0.05) is 46.8 Å². The predicted molar refractivity (Wildman–Crippen MR) is 146 cm³/mol. The van der Waals surface area contributed by atoms with E-state index in [-0.39, 0.29) is 51.8 Å². The van der Waals surface area contributed by atoms with Crippen molar-refractivity contribution in [3.05, 3.63) is 55.5 Å². The highest BCUT2D eigenvalue weighted by Gasteiger charge is 2.57. The Morgan fingerprint density at radius 2 is 1.74 bits per heavy atom. The summed E-state index contributed by atoms with van der Waals surface area (Å²) < 4.78 is 6.20. The summed E-state index contributed by atoms with van der Waals surface area (Å²) in [5, 5.41) is 11.2. The number of halogens is 2. The molecule has 0 bridgehead atoms. The standard InChI is InChI=1S/C29H27Br2NO6/c1-38-22-10-13(30)9-18(27(22)35)23-15-7-8-16-24(29(37)32(28(16)36)14-5-3-2-4-6-14)17(15)11-19-25(23)21(33)12-20(31)26(19)34/h7,9-10,12,14,16-17,23-24,35H,2-6,8,11H2,1H3. The second kappa shape index (κ2) is 9.59. The van der Waals surface area contributed by atoms with Gasteiger partial charge in [0, 0.05) is 39.2 Å². The zero-order chi connectivity index (χ0) is 26.9. The number of benzene rings is 1. The SMILES string of the molecule is COc1cc(Br)cc(C2C3=CCC4C(=O)N(C5CCCCC5)C(=O)C4C3CC3=C2C(=O)C=C(Br)C3=O)c1O. The number of nitrogens with zero attached hydrogens (tertiary/aromatic N) is 1. The van der Waals surface area contributed by atoms with E-state index in [1.54, 1.807) is 12.1 Å². The third-order valence-corrected chi connectivity index (χ3v) is 9.95. The second-order valence-corrected chi connectivity index (χ2v) is 12.5. The maximum Gasteiger partial charge on any atom is 0.233 e. The Balaban J connectivity index is 1.50. The number of phenolic OH excluding ortho intramolecular Hbond substituents is 1. The summed E-state index contributed by atoms with van der Waals surface area (Å²) in [5.41, 5.74) is 1.88. The van der Waals surface area contributed by atoms with Gasteiger partial charge in [-0.25, -0.2) is 0 Å². The van der Waals surface area contributed by atoms with Crippen molar-refractivity contribution in [2.45, 2.75) is 56.9 Å². The van der Waals surface area contributed by atoms with Crippen LogP contribution in [0.4, 0.5) is 0 Å². The van der Waals surface area contributed by atoms with Crippen LogP contribution in [0.25, 0.3) is 0 Å². The van der Waals surface area contributed by atoms with Gasteiger partial charge in [0.25, 0.3) is 0 Å². The minimum Gasteiger partial charge on any atom is -0.504 e. The molecule has 7 nitrogen and oxygen atoms in total. The molecule has 0 aromatic heterocycles. The topological polar surface area (TPSA) is 101 Å². The van der Waals surface area contributed by atoms with E-state index in [1.807, 2.05) is 6.08 Å². The fourth-order valence-electron chi connectivity index (χ4n) is 7.26. The minimum absolute atomic E-state index is 0.0692. The summed E-state index contributed by atoms with van der Waals surface area (Å²) in [7, 11) is 1.45. The Labute approximate surface area is 237 Å². The number of amides is 2. The number of aromatic hydroxyl groups is 1. The molecule has 1 aromatic carbocycles. The number of likely N-dealkylation sites (tertiary alicyclic amines) is 1. The zero-order valence-corrected chi connectivity index (χ0v) is 24.0. The molecule has 5 aliphatic rings. The van der Waals surface area contributed by atoms with E-state index in [0.29, 0.717) is 27.6 Å². The van der Waals surface area contributed by atoms with Crippen molar-refractivity contribution >= 4 is 55.2 Å². The highest BCUT2D eigenvalue weighted by Crippen LogP contribution is 2.57. The summed E-state index contributed by atoms with van der Waals surface area (Å²) in [6.45, 7) is 0. The molecule has 0 radical (unpaired) electrons. The third-order valence-electron chi connectivity index (χ3n) is 8.91. The van der Waals surface area contributed by atoms with Crippen LogP contribution in [-0.4, -0.2) is 46.5 Å². The van der Waals surface area contributed by atoms with Crippen molar-refractivity contribution in [2.75, 3.05) is 7.11 Å². The average molecular weight is 645 g/mol. The lowest BCUT2D eigenvalue weighted by molar-refractivity contribution is -0.143. The van der Waals surface area contributed by atoms with E-state index in [0.717, 1.165) is 37.7 Å². The van der Waals surface area contributed by atoms with E-state index in [4.69, 9.17) is 4.74 Å². The van der Waals surface area contributed by atoms with Crippen LogP contribution in [0.1, 0.15) is 56.4 Å². The molecule has 4 atom stereocenters. The number of carbonyl (C=O) groups excluding carboxylic acids is 4. The van der Waals surface area contributed by atoms with Gasteiger partial charge in [0.15, 0.2) is 23.1 Å². The Kier molecular flexibility index (Phi) is 6.50. The van der Waals surface area contributed by atoms with Crippen molar-refractivity contribution in [2.24, 2.45) is 17.8 Å². The monoisotopic (exact) mass is 643 g/mol. The van der Waals surface area contributed by atoms with E-state index in [2.05, 4.69) is 31.9 Å². The van der Waals surface area contributed by atoms with Gasteiger partial charge >= 0.3 is 0 Å². The van der Waals surface area contributed by atoms with E-state index in [9.17, 15) is 24.3 Å². The molecule has 1 saturated carbocycles. The number of hydrogen-bond donors (Lipinski definition) is 1. The molecule has 0 spiro atoms. The average Bonchev–Trinajstić information content (AvgIpc) is 3.17. The summed E-state index contributed by atoms with van der Waals surface area (Å²) in [6.07, 6.45) is 8.62. The first-order valence-corrected chi connectivity index (χ1v) is 14.6. The number of allylic oxidation sites excluding steroid dienone is 6. The van der Waals surface area contributed by atoms with Crippen LogP contribution in [-0.2, 0) is 19.2 Å². The second-order valence-electron chi connectivity index (χ2n) is 10.8. The molecule has 6 rings (SSSR count). The normalized spacial score (nSPS) is 29.6. The lowest BCUT2D eigenvalue weighted by Gasteiger charge is -2.42. The van der Waals surface area contributed by atoms with Gasteiger partial charge in [-0.2, -0.15) is 0 Å². The number of imide groups is 1. The Morgan fingerprint density at radius 1 is 1.00 bits per heavy atom. The van der Waals surface area contributed by atoms with Crippen LogP contribution in [0.2, 0.25) is 0 Å². The number of ketones is 2. The first kappa shape index (κ1) is 25.7. The fourth-order valence-corrected chi connectivity index (χ4v) is 8.16. The number of carbonyl (C=O) groups is 4. The molecule has 1 aromatic rings. The van der Waals surface area contributed by atoms with Gasteiger partial charge in [0.1, 0.15) is 0 Å². The van der Waals surface area contributed by atoms with E-state index >= 15 is 0 Å². The Bertz CT molecular complexity index is 1390. The number of methoxy groups -OCH3 is 1. The van der Waals surface area contributed by atoms with Crippen LogP contribution in [0.5, 0.6) is 11.5 Å². The molecule has 4 aliphatic carbocycles. The number of fused-ring (bicyclic) bond motifs is 3. The van der Waals surface area contributed by atoms with Gasteiger partial charge in [0.05, 0.1) is 23.4 Å². The van der Waals surface area contributed by atoms with Crippen LogP contribution in [0.3, 0.4) is 0 Å². The summed E-state index contributed by atoms with van der Waals surface area (Å²) in [5.74, 6) is -3.01. The first-order valence-electron chi connectivity index (χ1n) is 13.1. The molecule has 1 heterocycles. The van der Waals surface area contributed by atoms with Crippen molar-refractivity contribution in [1.29, 1.82) is 0 Å². The maximum absolute atomic E-state index is 14.0. The van der Waals surface area contributed by atoms with Crippen LogP contribution in [0.15, 0.2) is 50.0 Å². The molecule has 38 heavy (non-hydrogen) atoms. The Hall–Kier alpha value is -2.52. The number of rotatable bonds is 3. The quantitative estimate of drug-likeness (QED) is 0.274.